The summed E-state index contributed by atoms with van der Waals surface area (Å²) in [5.41, 5.74) is 1.64. The van der Waals surface area contributed by atoms with Gasteiger partial charge in [0, 0.05) is 63.5 Å². The molecule has 0 spiro atoms. The summed E-state index contributed by atoms with van der Waals surface area (Å²) in [6, 6.07) is 3.93. The molecule has 2 fully saturated rings. The van der Waals surface area contributed by atoms with Gasteiger partial charge in [0.2, 0.25) is 0 Å². The van der Waals surface area contributed by atoms with Crippen LogP contribution in [0.5, 0.6) is 0 Å². The molecule has 130 valence electrons. The number of nitrogens with zero attached hydrogens (tertiary/aromatic N) is 6. The highest BCUT2D eigenvalue weighted by Crippen LogP contribution is 2.21. The fourth-order valence-electron chi connectivity index (χ4n) is 3.46. The lowest BCUT2D eigenvalue weighted by molar-refractivity contribution is 0.0740. The normalized spacial score (nSPS) is 17.8. The van der Waals surface area contributed by atoms with E-state index in [2.05, 4.69) is 24.8 Å². The van der Waals surface area contributed by atoms with Crippen LogP contribution < -0.4 is 9.80 Å². The summed E-state index contributed by atoms with van der Waals surface area (Å²) in [5.74, 6) is 0.878. The molecule has 0 N–H and O–H groups in total. The molecule has 0 aliphatic carbocycles. The molecule has 25 heavy (non-hydrogen) atoms. The number of carbonyl (C=O) groups excluding carboxylic acids is 1. The average Bonchev–Trinajstić information content (AvgIpc) is 3.23. The van der Waals surface area contributed by atoms with Gasteiger partial charge < -0.3 is 14.7 Å². The topological polar surface area (TPSA) is 65.5 Å². The molecule has 4 rings (SSSR count). The summed E-state index contributed by atoms with van der Waals surface area (Å²) in [6.45, 7) is 4.99. The molecule has 7 heteroatoms. The highest BCUT2D eigenvalue weighted by atomic mass is 16.2. The minimum absolute atomic E-state index is 0.0137. The lowest BCUT2D eigenvalue weighted by Crippen LogP contribution is -2.49. The molecular formula is C18H22N6O. The fraction of sp³-hybridized carbons (Fsp3) is 0.444. The quantitative estimate of drug-likeness (QED) is 0.844. The molecule has 0 atom stereocenters. The van der Waals surface area contributed by atoms with Crippen molar-refractivity contribution in [2.45, 2.75) is 12.8 Å². The van der Waals surface area contributed by atoms with E-state index in [0.717, 1.165) is 37.7 Å². The third-order valence-electron chi connectivity index (χ3n) is 4.87. The second-order valence-corrected chi connectivity index (χ2v) is 6.44. The summed E-state index contributed by atoms with van der Waals surface area (Å²) in [6.07, 6.45) is 9.31. The molecule has 0 radical (unpaired) electrons. The highest BCUT2D eigenvalue weighted by Gasteiger charge is 2.24. The van der Waals surface area contributed by atoms with E-state index < -0.39 is 0 Å². The van der Waals surface area contributed by atoms with Gasteiger partial charge in [-0.15, -0.1) is 0 Å². The van der Waals surface area contributed by atoms with Crippen molar-refractivity contribution in [1.29, 1.82) is 0 Å². The molecule has 4 heterocycles. The van der Waals surface area contributed by atoms with Crippen LogP contribution in [0.2, 0.25) is 0 Å². The molecule has 0 saturated carbocycles. The molecule has 1 amide bonds. The van der Waals surface area contributed by atoms with E-state index in [1.165, 1.54) is 12.8 Å². The van der Waals surface area contributed by atoms with E-state index in [1.54, 1.807) is 24.8 Å². The number of aromatic nitrogens is 3. The Kier molecular flexibility index (Phi) is 4.45. The van der Waals surface area contributed by atoms with Crippen molar-refractivity contribution in [3.05, 3.63) is 42.6 Å². The Morgan fingerprint density at radius 1 is 0.880 bits per heavy atom. The van der Waals surface area contributed by atoms with Crippen molar-refractivity contribution in [2.24, 2.45) is 0 Å². The predicted molar refractivity (Wildman–Crippen MR) is 95.8 cm³/mol. The molecule has 0 aromatic carbocycles. The van der Waals surface area contributed by atoms with Crippen LogP contribution in [-0.4, -0.2) is 65.0 Å². The van der Waals surface area contributed by atoms with Crippen molar-refractivity contribution in [3.63, 3.8) is 0 Å². The van der Waals surface area contributed by atoms with Crippen molar-refractivity contribution in [3.8, 4) is 0 Å². The largest absolute Gasteiger partial charge is 0.371 e. The lowest BCUT2D eigenvalue weighted by atomic mass is 10.2. The van der Waals surface area contributed by atoms with E-state index in [1.807, 2.05) is 17.0 Å². The molecule has 2 aliphatic heterocycles. The van der Waals surface area contributed by atoms with Gasteiger partial charge in [-0.2, -0.15) is 0 Å². The van der Waals surface area contributed by atoms with Gasteiger partial charge in [0.15, 0.2) is 0 Å². The van der Waals surface area contributed by atoms with Crippen molar-refractivity contribution >= 4 is 17.4 Å². The van der Waals surface area contributed by atoms with Gasteiger partial charge in [0.25, 0.3) is 5.91 Å². The standard InChI is InChI=1S/C18H22N6O/c25-18(16-13-15(3-4-20-16)22-7-1-2-8-22)24-11-9-23(10-12-24)17-14-19-5-6-21-17/h3-6,13-14H,1-2,7-12H2. The maximum atomic E-state index is 12.8. The Balaban J connectivity index is 1.41. The molecule has 2 aliphatic rings. The van der Waals surface area contributed by atoms with Gasteiger partial charge in [0.1, 0.15) is 11.5 Å². The number of hydrogen-bond acceptors (Lipinski definition) is 6. The van der Waals surface area contributed by atoms with Gasteiger partial charge in [-0.3, -0.25) is 14.8 Å². The predicted octanol–water partition coefficient (Wildman–Crippen LogP) is 1.43. The Morgan fingerprint density at radius 2 is 1.68 bits per heavy atom. The van der Waals surface area contributed by atoms with Crippen LogP contribution >= 0.6 is 0 Å². The van der Waals surface area contributed by atoms with Crippen LogP contribution in [0.1, 0.15) is 23.3 Å². The minimum atomic E-state index is 0.0137. The van der Waals surface area contributed by atoms with E-state index in [9.17, 15) is 4.79 Å². The van der Waals surface area contributed by atoms with Crippen LogP contribution in [0.3, 0.4) is 0 Å². The zero-order chi connectivity index (χ0) is 17.1. The van der Waals surface area contributed by atoms with E-state index >= 15 is 0 Å². The first-order chi connectivity index (χ1) is 12.3. The van der Waals surface area contributed by atoms with E-state index in [-0.39, 0.29) is 5.91 Å². The first-order valence-corrected chi connectivity index (χ1v) is 8.82. The monoisotopic (exact) mass is 338 g/mol. The van der Waals surface area contributed by atoms with E-state index in [4.69, 9.17) is 0 Å². The molecule has 2 saturated heterocycles. The van der Waals surface area contributed by atoms with Gasteiger partial charge in [-0.1, -0.05) is 0 Å². The number of pyridine rings is 1. The maximum absolute atomic E-state index is 12.8. The maximum Gasteiger partial charge on any atom is 0.272 e. The highest BCUT2D eigenvalue weighted by molar-refractivity contribution is 5.93. The minimum Gasteiger partial charge on any atom is -0.371 e. The first-order valence-electron chi connectivity index (χ1n) is 8.82. The number of hydrogen-bond donors (Lipinski definition) is 0. The number of piperazine rings is 1. The molecule has 2 aromatic heterocycles. The van der Waals surface area contributed by atoms with Gasteiger partial charge in [0.05, 0.1) is 6.20 Å². The van der Waals surface area contributed by atoms with Crippen LogP contribution in [0.25, 0.3) is 0 Å². The first kappa shape index (κ1) is 15.8. The summed E-state index contributed by atoms with van der Waals surface area (Å²) in [7, 11) is 0. The van der Waals surface area contributed by atoms with Crippen LogP contribution in [0, 0.1) is 0 Å². The van der Waals surface area contributed by atoms with Gasteiger partial charge in [-0.25, -0.2) is 4.98 Å². The Bertz CT molecular complexity index is 723. The van der Waals surface area contributed by atoms with E-state index in [0.29, 0.717) is 18.8 Å². The van der Waals surface area contributed by atoms with Gasteiger partial charge in [-0.05, 0) is 25.0 Å². The number of rotatable bonds is 3. The second-order valence-electron chi connectivity index (χ2n) is 6.44. The fourth-order valence-corrected chi connectivity index (χ4v) is 3.46. The Morgan fingerprint density at radius 3 is 2.40 bits per heavy atom. The summed E-state index contributed by atoms with van der Waals surface area (Å²) >= 11 is 0. The molecule has 2 aromatic rings. The van der Waals surface area contributed by atoms with Crippen molar-refractivity contribution in [1.82, 2.24) is 19.9 Å². The Hall–Kier alpha value is -2.70. The zero-order valence-corrected chi connectivity index (χ0v) is 14.2. The van der Waals surface area contributed by atoms with Gasteiger partial charge >= 0.3 is 0 Å². The summed E-state index contributed by atoms with van der Waals surface area (Å²) in [4.78, 5) is 31.9. The van der Waals surface area contributed by atoms with Crippen molar-refractivity contribution < 1.29 is 4.79 Å². The lowest BCUT2D eigenvalue weighted by Gasteiger charge is -2.35. The number of amides is 1. The number of anilines is 2. The Labute approximate surface area is 147 Å². The molecule has 0 unspecified atom stereocenters. The number of carbonyl (C=O) groups is 1. The van der Waals surface area contributed by atoms with Crippen LogP contribution in [0.15, 0.2) is 36.9 Å². The SMILES string of the molecule is O=C(c1cc(N2CCCC2)ccn1)N1CCN(c2cnccn2)CC1. The molecule has 0 bridgehead atoms. The third kappa shape index (κ3) is 3.40. The molecular weight excluding hydrogens is 316 g/mol. The van der Waals surface area contributed by atoms with Crippen LogP contribution in [0.4, 0.5) is 11.5 Å². The zero-order valence-electron chi connectivity index (χ0n) is 14.2. The average molecular weight is 338 g/mol. The third-order valence-corrected chi connectivity index (χ3v) is 4.87. The smallest absolute Gasteiger partial charge is 0.272 e. The van der Waals surface area contributed by atoms with Crippen molar-refractivity contribution in [2.75, 3.05) is 49.1 Å². The molecule has 7 nitrogen and oxygen atoms in total. The second kappa shape index (κ2) is 7.04. The summed E-state index contributed by atoms with van der Waals surface area (Å²) in [5, 5.41) is 0. The van der Waals surface area contributed by atoms with Crippen LogP contribution in [-0.2, 0) is 0 Å². The summed E-state index contributed by atoms with van der Waals surface area (Å²) < 4.78 is 0.